The molecule has 2 unspecified atom stereocenters. The van der Waals surface area contributed by atoms with Gasteiger partial charge in [0.2, 0.25) is 0 Å². The average molecular weight is 255 g/mol. The Bertz CT molecular complexity index is 192. The van der Waals surface area contributed by atoms with Crippen LogP contribution in [0, 0.1) is 5.92 Å². The maximum Gasteiger partial charge on any atom is 0.0725 e. The van der Waals surface area contributed by atoms with E-state index in [1.165, 1.54) is 44.9 Å². The molecule has 0 heterocycles. The Balaban J connectivity index is 2.24. The number of hydrogen-bond acceptors (Lipinski definition) is 2. The summed E-state index contributed by atoms with van der Waals surface area (Å²) < 4.78 is 6.15. The summed E-state index contributed by atoms with van der Waals surface area (Å²) in [6.45, 7) is 8.84. The summed E-state index contributed by atoms with van der Waals surface area (Å²) in [6, 6.07) is 0.557. The van der Waals surface area contributed by atoms with Crippen LogP contribution in [0.5, 0.6) is 0 Å². The van der Waals surface area contributed by atoms with E-state index in [1.807, 2.05) is 0 Å². The second-order valence-electron chi connectivity index (χ2n) is 5.75. The van der Waals surface area contributed by atoms with Crippen LogP contribution < -0.4 is 5.32 Å². The molecule has 2 nitrogen and oxygen atoms in total. The Kier molecular flexibility index (Phi) is 8.70. The van der Waals surface area contributed by atoms with Gasteiger partial charge in [-0.1, -0.05) is 46.5 Å². The van der Waals surface area contributed by atoms with Crippen molar-refractivity contribution in [3.05, 3.63) is 0 Å². The Hall–Kier alpha value is -0.0800. The first-order valence-electron chi connectivity index (χ1n) is 8.16. The van der Waals surface area contributed by atoms with Crippen LogP contribution in [0.1, 0.15) is 72.1 Å². The molecule has 1 fully saturated rings. The second kappa shape index (κ2) is 9.80. The Morgan fingerprint density at radius 1 is 1.17 bits per heavy atom. The molecule has 1 saturated carbocycles. The third-order valence-corrected chi connectivity index (χ3v) is 4.19. The molecule has 1 aliphatic carbocycles. The molecule has 0 spiro atoms. The van der Waals surface area contributed by atoms with E-state index >= 15 is 0 Å². The van der Waals surface area contributed by atoms with Gasteiger partial charge in [-0.05, 0) is 38.1 Å². The molecule has 1 N–H and O–H groups in total. The van der Waals surface area contributed by atoms with Crippen LogP contribution in [0.2, 0.25) is 0 Å². The lowest BCUT2D eigenvalue weighted by molar-refractivity contribution is 0.0101. The van der Waals surface area contributed by atoms with Gasteiger partial charge in [-0.3, -0.25) is 0 Å². The average Bonchev–Trinajstić information content (AvgIpc) is 2.33. The van der Waals surface area contributed by atoms with E-state index in [9.17, 15) is 0 Å². The highest BCUT2D eigenvalue weighted by Crippen LogP contribution is 2.29. The molecule has 18 heavy (non-hydrogen) atoms. The van der Waals surface area contributed by atoms with E-state index in [-0.39, 0.29) is 0 Å². The molecule has 0 aromatic heterocycles. The molecule has 0 amide bonds. The van der Waals surface area contributed by atoms with Crippen molar-refractivity contribution in [1.29, 1.82) is 0 Å². The maximum atomic E-state index is 6.15. The molecular weight excluding hydrogens is 222 g/mol. The van der Waals surface area contributed by atoms with Gasteiger partial charge < -0.3 is 10.1 Å². The summed E-state index contributed by atoms with van der Waals surface area (Å²) in [5.41, 5.74) is 0. The molecule has 108 valence electrons. The van der Waals surface area contributed by atoms with Crippen molar-refractivity contribution in [2.45, 2.75) is 84.3 Å². The van der Waals surface area contributed by atoms with Gasteiger partial charge in [0.1, 0.15) is 0 Å². The molecule has 0 bridgehead atoms. The van der Waals surface area contributed by atoms with Crippen molar-refractivity contribution in [3.63, 3.8) is 0 Å². The molecule has 2 atom stereocenters. The normalized spacial score (nSPS) is 19.5. The number of hydrogen-bond donors (Lipinski definition) is 1. The third-order valence-electron chi connectivity index (χ3n) is 4.19. The molecule has 0 aromatic rings. The fraction of sp³-hybridized carbons (Fsp3) is 1.00. The minimum absolute atomic E-state index is 0.413. The van der Waals surface area contributed by atoms with Crippen molar-refractivity contribution in [1.82, 2.24) is 5.32 Å². The zero-order valence-corrected chi connectivity index (χ0v) is 12.7. The number of ether oxygens (including phenoxy) is 1. The van der Waals surface area contributed by atoms with E-state index in [0.717, 1.165) is 25.5 Å². The quantitative estimate of drug-likeness (QED) is 0.599. The lowest BCUT2D eigenvalue weighted by Gasteiger charge is -2.30. The van der Waals surface area contributed by atoms with Gasteiger partial charge >= 0.3 is 0 Å². The first-order valence-corrected chi connectivity index (χ1v) is 8.16. The van der Waals surface area contributed by atoms with Gasteiger partial charge in [-0.15, -0.1) is 0 Å². The number of rotatable bonds is 11. The highest BCUT2D eigenvalue weighted by Gasteiger charge is 2.21. The van der Waals surface area contributed by atoms with Crippen LogP contribution in [0.15, 0.2) is 0 Å². The molecule has 0 aliphatic heterocycles. The molecule has 2 heteroatoms. The van der Waals surface area contributed by atoms with E-state index in [4.69, 9.17) is 4.74 Å². The largest absolute Gasteiger partial charge is 0.377 e. The van der Waals surface area contributed by atoms with Gasteiger partial charge in [-0.25, -0.2) is 0 Å². The first-order chi connectivity index (χ1) is 8.81. The van der Waals surface area contributed by atoms with E-state index in [1.54, 1.807) is 0 Å². The SMILES string of the molecule is CCCNC(CCC)C(CC)OCCC1CCC1. The lowest BCUT2D eigenvalue weighted by Crippen LogP contribution is -2.41. The summed E-state index contributed by atoms with van der Waals surface area (Å²) in [5, 5.41) is 3.66. The van der Waals surface area contributed by atoms with Crippen LogP contribution in [-0.2, 0) is 4.74 Å². The minimum Gasteiger partial charge on any atom is -0.377 e. The van der Waals surface area contributed by atoms with Gasteiger partial charge in [0.15, 0.2) is 0 Å². The number of nitrogens with one attached hydrogen (secondary N) is 1. The fourth-order valence-corrected chi connectivity index (χ4v) is 2.75. The predicted molar refractivity (Wildman–Crippen MR) is 79.0 cm³/mol. The van der Waals surface area contributed by atoms with Crippen molar-refractivity contribution >= 4 is 0 Å². The van der Waals surface area contributed by atoms with Crippen molar-refractivity contribution in [3.8, 4) is 0 Å². The Labute approximate surface area is 114 Å². The first kappa shape index (κ1) is 16.0. The monoisotopic (exact) mass is 255 g/mol. The maximum absolute atomic E-state index is 6.15. The smallest absolute Gasteiger partial charge is 0.0725 e. The van der Waals surface area contributed by atoms with Gasteiger partial charge in [0.05, 0.1) is 6.10 Å². The van der Waals surface area contributed by atoms with E-state index in [2.05, 4.69) is 26.1 Å². The minimum atomic E-state index is 0.413. The summed E-state index contributed by atoms with van der Waals surface area (Å²) in [5.74, 6) is 0.968. The van der Waals surface area contributed by atoms with Crippen molar-refractivity contribution < 1.29 is 4.74 Å². The summed E-state index contributed by atoms with van der Waals surface area (Å²) in [6.07, 6.45) is 10.8. The standard InChI is InChI=1S/C16H33NO/c1-4-8-15(17-12-5-2)16(6-3)18-13-11-14-9-7-10-14/h14-17H,4-13H2,1-3H3. The van der Waals surface area contributed by atoms with Crippen LogP contribution in [-0.4, -0.2) is 25.3 Å². The summed E-state index contributed by atoms with van der Waals surface area (Å²) >= 11 is 0. The summed E-state index contributed by atoms with van der Waals surface area (Å²) in [4.78, 5) is 0. The van der Waals surface area contributed by atoms with Crippen LogP contribution in [0.4, 0.5) is 0 Å². The van der Waals surface area contributed by atoms with Gasteiger partial charge in [0, 0.05) is 12.6 Å². The zero-order valence-electron chi connectivity index (χ0n) is 12.7. The highest BCUT2D eigenvalue weighted by molar-refractivity contribution is 4.76. The molecular formula is C16H33NO. The fourth-order valence-electron chi connectivity index (χ4n) is 2.75. The van der Waals surface area contributed by atoms with Crippen LogP contribution >= 0.6 is 0 Å². The zero-order chi connectivity index (χ0) is 13.2. The van der Waals surface area contributed by atoms with Crippen LogP contribution in [0.25, 0.3) is 0 Å². The lowest BCUT2D eigenvalue weighted by atomic mass is 9.83. The summed E-state index contributed by atoms with van der Waals surface area (Å²) in [7, 11) is 0. The molecule has 1 aliphatic rings. The van der Waals surface area contributed by atoms with E-state index < -0.39 is 0 Å². The van der Waals surface area contributed by atoms with Gasteiger partial charge in [-0.2, -0.15) is 0 Å². The Morgan fingerprint density at radius 3 is 2.44 bits per heavy atom. The van der Waals surface area contributed by atoms with E-state index in [0.29, 0.717) is 12.1 Å². The molecule has 0 radical (unpaired) electrons. The Morgan fingerprint density at radius 2 is 1.94 bits per heavy atom. The second-order valence-corrected chi connectivity index (χ2v) is 5.75. The molecule has 0 aromatic carbocycles. The predicted octanol–water partition coefficient (Wildman–Crippen LogP) is 4.14. The van der Waals surface area contributed by atoms with Crippen LogP contribution in [0.3, 0.4) is 0 Å². The highest BCUT2D eigenvalue weighted by atomic mass is 16.5. The molecule has 0 saturated heterocycles. The molecule has 1 rings (SSSR count). The van der Waals surface area contributed by atoms with Crippen molar-refractivity contribution in [2.75, 3.05) is 13.2 Å². The van der Waals surface area contributed by atoms with Crippen molar-refractivity contribution in [2.24, 2.45) is 5.92 Å². The third kappa shape index (κ3) is 5.71. The topological polar surface area (TPSA) is 21.3 Å². The van der Waals surface area contributed by atoms with Gasteiger partial charge in [0.25, 0.3) is 0 Å².